The topological polar surface area (TPSA) is 3.24 Å². The standard InChI is InChI=1S/C9H12N.2C6H5.Sb/c1-10(2)8-9-6-4-3-5-7-9;2*1-2-4-6-5-3-1;/h3-6H,8H2,1-2H3;2*1-5H;. The van der Waals surface area contributed by atoms with Gasteiger partial charge in [0.25, 0.3) is 0 Å². The number of rotatable bonds is 5. The first kappa shape index (κ1) is 16.3. The van der Waals surface area contributed by atoms with E-state index in [0.717, 1.165) is 6.54 Å². The van der Waals surface area contributed by atoms with Crippen LogP contribution in [0.2, 0.25) is 0 Å². The predicted molar refractivity (Wildman–Crippen MR) is 101 cm³/mol. The maximum absolute atomic E-state index is 2.35. The zero-order valence-electron chi connectivity index (χ0n) is 13.7. The summed E-state index contributed by atoms with van der Waals surface area (Å²) in [6, 6.07) is 31.1. The second kappa shape index (κ2) is 7.81. The van der Waals surface area contributed by atoms with Crippen LogP contribution < -0.4 is 10.5 Å². The molecule has 0 fully saturated rings. The fourth-order valence-corrected chi connectivity index (χ4v) is 9.81. The van der Waals surface area contributed by atoms with Crippen molar-refractivity contribution in [2.45, 2.75) is 6.54 Å². The minimum absolute atomic E-state index is 0.997. The molecule has 3 rings (SSSR count). The molecule has 0 N–H and O–H groups in total. The van der Waals surface area contributed by atoms with E-state index >= 15 is 0 Å². The van der Waals surface area contributed by atoms with Crippen LogP contribution in [0.4, 0.5) is 0 Å². The van der Waals surface area contributed by atoms with Crippen LogP contribution in [0.15, 0.2) is 84.9 Å². The molecule has 0 aromatic heterocycles. The molecule has 3 aromatic carbocycles. The van der Waals surface area contributed by atoms with Crippen LogP contribution in [0.1, 0.15) is 5.56 Å². The van der Waals surface area contributed by atoms with Gasteiger partial charge >= 0.3 is 147 Å². The van der Waals surface area contributed by atoms with E-state index in [1.165, 1.54) is 12.6 Å². The molecular formula is C21H22NSb. The third-order valence-corrected chi connectivity index (χ3v) is 11.0. The summed E-state index contributed by atoms with van der Waals surface area (Å²) < 4.78 is 4.61. The Morgan fingerprint density at radius 2 is 1.13 bits per heavy atom. The van der Waals surface area contributed by atoms with Gasteiger partial charge in [0.2, 0.25) is 0 Å². The molecule has 0 radical (unpaired) electrons. The van der Waals surface area contributed by atoms with Gasteiger partial charge in [-0.25, -0.2) is 0 Å². The summed E-state index contributed by atoms with van der Waals surface area (Å²) in [4.78, 5) is 2.26. The van der Waals surface area contributed by atoms with Crippen molar-refractivity contribution in [3.63, 3.8) is 0 Å². The van der Waals surface area contributed by atoms with Gasteiger partial charge in [-0.2, -0.15) is 0 Å². The normalized spacial score (nSPS) is 11.1. The van der Waals surface area contributed by atoms with E-state index in [2.05, 4.69) is 104 Å². The van der Waals surface area contributed by atoms with E-state index in [0.29, 0.717) is 0 Å². The first-order valence-electron chi connectivity index (χ1n) is 7.88. The Balaban J connectivity index is 2.14. The molecule has 0 heterocycles. The van der Waals surface area contributed by atoms with E-state index in [4.69, 9.17) is 0 Å². The molecular weight excluding hydrogens is 388 g/mol. The molecule has 1 nitrogen and oxygen atoms in total. The Kier molecular flexibility index (Phi) is 5.54. The van der Waals surface area contributed by atoms with E-state index in [-0.39, 0.29) is 0 Å². The number of hydrogen-bond acceptors (Lipinski definition) is 1. The molecule has 0 aliphatic rings. The van der Waals surface area contributed by atoms with Crippen LogP contribution >= 0.6 is 0 Å². The summed E-state index contributed by atoms with van der Waals surface area (Å²) in [6.07, 6.45) is 0. The average Bonchev–Trinajstić information content (AvgIpc) is 2.58. The van der Waals surface area contributed by atoms with Crippen molar-refractivity contribution in [1.82, 2.24) is 4.90 Å². The molecule has 0 aliphatic carbocycles. The molecule has 0 atom stereocenters. The van der Waals surface area contributed by atoms with Crippen LogP contribution in [0.25, 0.3) is 0 Å². The van der Waals surface area contributed by atoms with Crippen molar-refractivity contribution in [1.29, 1.82) is 0 Å². The monoisotopic (exact) mass is 409 g/mol. The number of nitrogens with zero attached hydrogens (tertiary/aromatic N) is 1. The Hall–Kier alpha value is -1.56. The first-order chi connectivity index (χ1) is 11.3. The van der Waals surface area contributed by atoms with Crippen LogP contribution in [0.5, 0.6) is 0 Å². The van der Waals surface area contributed by atoms with Crippen LogP contribution in [0.3, 0.4) is 0 Å². The maximum atomic E-state index is 2.35. The predicted octanol–water partition coefficient (Wildman–Crippen LogP) is 2.26. The quantitative estimate of drug-likeness (QED) is 0.584. The average molecular weight is 410 g/mol. The van der Waals surface area contributed by atoms with Gasteiger partial charge in [0, 0.05) is 0 Å². The van der Waals surface area contributed by atoms with E-state index in [9.17, 15) is 0 Å². The van der Waals surface area contributed by atoms with E-state index in [1.54, 1.807) is 3.51 Å². The van der Waals surface area contributed by atoms with Crippen molar-refractivity contribution >= 4 is 30.7 Å². The summed E-state index contributed by atoms with van der Waals surface area (Å²) in [6.45, 7) is 0.997. The third-order valence-electron chi connectivity index (χ3n) is 3.75. The summed E-state index contributed by atoms with van der Waals surface area (Å²) in [5.41, 5.74) is 1.47. The molecule has 116 valence electrons. The summed E-state index contributed by atoms with van der Waals surface area (Å²) in [5, 5.41) is 0. The molecule has 0 spiro atoms. The first-order valence-corrected chi connectivity index (χ1v) is 11.7. The van der Waals surface area contributed by atoms with Gasteiger partial charge in [-0.1, -0.05) is 0 Å². The molecule has 0 bridgehead atoms. The van der Waals surface area contributed by atoms with Gasteiger partial charge in [0.15, 0.2) is 0 Å². The van der Waals surface area contributed by atoms with Gasteiger partial charge < -0.3 is 0 Å². The van der Waals surface area contributed by atoms with Gasteiger partial charge in [0.05, 0.1) is 0 Å². The molecule has 0 saturated heterocycles. The minimum atomic E-state index is -1.98. The van der Waals surface area contributed by atoms with Crippen LogP contribution in [-0.4, -0.2) is 39.2 Å². The zero-order valence-corrected chi connectivity index (χ0v) is 16.2. The van der Waals surface area contributed by atoms with E-state index < -0.39 is 20.2 Å². The fraction of sp³-hybridized carbons (Fsp3) is 0.143. The number of hydrogen-bond donors (Lipinski definition) is 0. The molecule has 2 heteroatoms. The molecule has 0 unspecified atom stereocenters. The zero-order chi connectivity index (χ0) is 16.1. The Bertz CT molecular complexity index is 699. The molecule has 0 saturated carbocycles. The summed E-state index contributed by atoms with van der Waals surface area (Å²) in [7, 11) is 4.28. The summed E-state index contributed by atoms with van der Waals surface area (Å²) in [5.74, 6) is 0. The fourth-order valence-electron chi connectivity index (χ4n) is 2.78. The van der Waals surface area contributed by atoms with Crippen molar-refractivity contribution in [3.8, 4) is 0 Å². The SMILES string of the molecule is CN(C)Cc1cccc[c]1[Sb]([c]1ccccc1)[c]1ccccc1. The summed E-state index contributed by atoms with van der Waals surface area (Å²) >= 11 is -1.98. The Labute approximate surface area is 146 Å². The molecule has 0 amide bonds. The molecule has 0 aliphatic heterocycles. The second-order valence-electron chi connectivity index (χ2n) is 5.87. The third kappa shape index (κ3) is 4.05. The van der Waals surface area contributed by atoms with Gasteiger partial charge in [-0.05, 0) is 0 Å². The Morgan fingerprint density at radius 3 is 1.65 bits per heavy atom. The van der Waals surface area contributed by atoms with Crippen LogP contribution in [-0.2, 0) is 6.54 Å². The van der Waals surface area contributed by atoms with Crippen molar-refractivity contribution in [2.75, 3.05) is 14.1 Å². The van der Waals surface area contributed by atoms with Crippen LogP contribution in [0, 0.1) is 0 Å². The van der Waals surface area contributed by atoms with Gasteiger partial charge in [0.1, 0.15) is 0 Å². The van der Waals surface area contributed by atoms with Crippen molar-refractivity contribution < 1.29 is 0 Å². The Morgan fingerprint density at radius 1 is 0.652 bits per heavy atom. The number of benzene rings is 3. The molecule has 23 heavy (non-hydrogen) atoms. The van der Waals surface area contributed by atoms with Crippen molar-refractivity contribution in [3.05, 3.63) is 90.5 Å². The second-order valence-corrected chi connectivity index (χ2v) is 12.1. The van der Waals surface area contributed by atoms with Gasteiger partial charge in [-0.3, -0.25) is 0 Å². The van der Waals surface area contributed by atoms with E-state index in [1.807, 2.05) is 0 Å². The van der Waals surface area contributed by atoms with Crippen molar-refractivity contribution in [2.24, 2.45) is 0 Å². The van der Waals surface area contributed by atoms with Gasteiger partial charge in [-0.15, -0.1) is 0 Å². The molecule has 3 aromatic rings.